The molecule has 2 bridgehead atoms. The van der Waals surface area contributed by atoms with E-state index < -0.39 is 0 Å². The fourth-order valence-electron chi connectivity index (χ4n) is 3.30. The summed E-state index contributed by atoms with van der Waals surface area (Å²) in [6.45, 7) is 5.48. The van der Waals surface area contributed by atoms with Crippen LogP contribution in [0.5, 0.6) is 0 Å². The third-order valence-corrected chi connectivity index (χ3v) is 4.36. The molecule has 3 unspecified atom stereocenters. The zero-order valence-electron chi connectivity index (χ0n) is 10.7. The Kier molecular flexibility index (Phi) is 2.70. The molecule has 0 aromatic heterocycles. The van der Waals surface area contributed by atoms with Gasteiger partial charge in [0.1, 0.15) is 0 Å². The molecule has 2 aliphatic rings. The summed E-state index contributed by atoms with van der Waals surface area (Å²) < 4.78 is 0. The molecule has 17 heavy (non-hydrogen) atoms. The maximum absolute atomic E-state index is 3.65. The Bertz CT molecular complexity index is 447. The van der Waals surface area contributed by atoms with E-state index in [0.717, 1.165) is 24.3 Å². The van der Waals surface area contributed by atoms with Crippen molar-refractivity contribution in [2.75, 3.05) is 11.9 Å². The van der Waals surface area contributed by atoms with Crippen molar-refractivity contribution >= 4 is 5.69 Å². The molecule has 1 aromatic rings. The van der Waals surface area contributed by atoms with Crippen LogP contribution in [0.25, 0.3) is 0 Å². The maximum atomic E-state index is 3.65. The van der Waals surface area contributed by atoms with Gasteiger partial charge in [0.25, 0.3) is 0 Å². The van der Waals surface area contributed by atoms with Crippen molar-refractivity contribution in [2.45, 2.75) is 26.7 Å². The summed E-state index contributed by atoms with van der Waals surface area (Å²) in [5, 5.41) is 3.65. The summed E-state index contributed by atoms with van der Waals surface area (Å²) in [4.78, 5) is 0. The van der Waals surface area contributed by atoms with Gasteiger partial charge in [-0.05, 0) is 61.6 Å². The van der Waals surface area contributed by atoms with Crippen molar-refractivity contribution < 1.29 is 0 Å². The largest absolute Gasteiger partial charge is 0.385 e. The second kappa shape index (κ2) is 4.21. The molecule has 3 atom stereocenters. The van der Waals surface area contributed by atoms with Gasteiger partial charge in [-0.25, -0.2) is 0 Å². The lowest BCUT2D eigenvalue weighted by molar-refractivity contribution is 0.472. The van der Waals surface area contributed by atoms with Crippen molar-refractivity contribution in [2.24, 2.45) is 17.8 Å². The minimum absolute atomic E-state index is 0.845. The van der Waals surface area contributed by atoms with Crippen LogP contribution in [0.15, 0.2) is 30.4 Å². The number of fused-ring (bicyclic) bond motifs is 2. The number of nitrogens with one attached hydrogen (secondary N) is 1. The van der Waals surface area contributed by atoms with Gasteiger partial charge in [-0.15, -0.1) is 0 Å². The lowest BCUT2D eigenvalue weighted by Gasteiger charge is -2.20. The van der Waals surface area contributed by atoms with Crippen LogP contribution in [0, 0.1) is 31.6 Å². The van der Waals surface area contributed by atoms with Gasteiger partial charge in [0.05, 0.1) is 0 Å². The smallest absolute Gasteiger partial charge is 0.0372 e. The molecule has 1 aromatic carbocycles. The van der Waals surface area contributed by atoms with Gasteiger partial charge >= 0.3 is 0 Å². The van der Waals surface area contributed by atoms with Crippen LogP contribution in [-0.4, -0.2) is 6.54 Å². The molecule has 2 aliphatic carbocycles. The van der Waals surface area contributed by atoms with Crippen molar-refractivity contribution in [1.29, 1.82) is 0 Å². The highest BCUT2D eigenvalue weighted by Gasteiger charge is 2.35. The molecule has 0 spiro atoms. The topological polar surface area (TPSA) is 12.0 Å². The van der Waals surface area contributed by atoms with Crippen LogP contribution in [0.1, 0.15) is 24.0 Å². The van der Waals surface area contributed by atoms with Gasteiger partial charge < -0.3 is 5.32 Å². The molecule has 3 rings (SSSR count). The van der Waals surface area contributed by atoms with Crippen molar-refractivity contribution in [3.63, 3.8) is 0 Å². The minimum Gasteiger partial charge on any atom is -0.385 e. The van der Waals surface area contributed by atoms with E-state index in [1.807, 2.05) is 0 Å². The average Bonchev–Trinajstić information content (AvgIpc) is 2.92. The highest BCUT2D eigenvalue weighted by atomic mass is 14.9. The van der Waals surface area contributed by atoms with Crippen LogP contribution in [0.4, 0.5) is 5.69 Å². The Morgan fingerprint density at radius 1 is 1.18 bits per heavy atom. The lowest BCUT2D eigenvalue weighted by Crippen LogP contribution is -2.18. The van der Waals surface area contributed by atoms with Crippen LogP contribution < -0.4 is 5.32 Å². The van der Waals surface area contributed by atoms with Gasteiger partial charge in [-0.3, -0.25) is 0 Å². The number of allylic oxidation sites excluding steroid dienone is 2. The summed E-state index contributed by atoms with van der Waals surface area (Å²) in [5.74, 6) is 2.58. The fraction of sp³-hybridized carbons (Fsp3) is 0.500. The van der Waals surface area contributed by atoms with E-state index in [2.05, 4.69) is 49.5 Å². The number of aryl methyl sites for hydroxylation is 2. The molecular weight excluding hydrogens is 206 g/mol. The third kappa shape index (κ3) is 2.11. The van der Waals surface area contributed by atoms with Crippen LogP contribution >= 0.6 is 0 Å². The van der Waals surface area contributed by atoms with Crippen LogP contribution in [0.3, 0.4) is 0 Å². The Morgan fingerprint density at radius 2 is 2.06 bits per heavy atom. The van der Waals surface area contributed by atoms with E-state index in [-0.39, 0.29) is 0 Å². The maximum Gasteiger partial charge on any atom is 0.0372 e. The molecular formula is C16H21N. The zero-order chi connectivity index (χ0) is 11.8. The molecule has 1 nitrogen and oxygen atoms in total. The minimum atomic E-state index is 0.845. The number of benzene rings is 1. The Morgan fingerprint density at radius 3 is 2.76 bits per heavy atom. The monoisotopic (exact) mass is 227 g/mol. The first kappa shape index (κ1) is 10.9. The highest BCUT2D eigenvalue weighted by Crippen LogP contribution is 2.43. The van der Waals surface area contributed by atoms with Gasteiger partial charge in [-0.2, -0.15) is 0 Å². The first-order chi connectivity index (χ1) is 8.22. The molecule has 0 saturated heterocycles. The Hall–Kier alpha value is -1.24. The summed E-state index contributed by atoms with van der Waals surface area (Å²) in [5.41, 5.74) is 4.01. The quantitative estimate of drug-likeness (QED) is 0.772. The van der Waals surface area contributed by atoms with E-state index in [9.17, 15) is 0 Å². The number of hydrogen-bond donors (Lipinski definition) is 1. The van der Waals surface area contributed by atoms with Gasteiger partial charge in [0.2, 0.25) is 0 Å². The van der Waals surface area contributed by atoms with E-state index in [1.54, 1.807) is 0 Å². The third-order valence-electron chi connectivity index (χ3n) is 4.36. The number of anilines is 1. The zero-order valence-corrected chi connectivity index (χ0v) is 10.7. The molecule has 1 N–H and O–H groups in total. The molecule has 1 saturated carbocycles. The van der Waals surface area contributed by atoms with Gasteiger partial charge in [-0.1, -0.05) is 24.3 Å². The molecule has 90 valence electrons. The van der Waals surface area contributed by atoms with E-state index in [1.165, 1.54) is 29.7 Å². The number of hydrogen-bond acceptors (Lipinski definition) is 1. The van der Waals surface area contributed by atoms with E-state index in [4.69, 9.17) is 0 Å². The Balaban J connectivity index is 1.64. The standard InChI is InChI=1S/C16H21N/c1-11-3-4-12(2)16(7-11)17-10-15-9-13-5-6-14(15)8-13/h3-7,13-15,17H,8-10H2,1-2H3. The molecule has 1 heteroatoms. The predicted octanol–water partition coefficient (Wildman–Crippen LogP) is 3.93. The fourth-order valence-corrected chi connectivity index (χ4v) is 3.30. The van der Waals surface area contributed by atoms with Crippen molar-refractivity contribution in [3.05, 3.63) is 41.5 Å². The Labute approximate surface area is 104 Å². The molecule has 0 heterocycles. The highest BCUT2D eigenvalue weighted by molar-refractivity contribution is 5.52. The van der Waals surface area contributed by atoms with E-state index >= 15 is 0 Å². The average molecular weight is 227 g/mol. The van der Waals surface area contributed by atoms with Crippen LogP contribution in [-0.2, 0) is 0 Å². The predicted molar refractivity (Wildman–Crippen MR) is 73.2 cm³/mol. The van der Waals surface area contributed by atoms with Crippen molar-refractivity contribution in [1.82, 2.24) is 0 Å². The molecule has 0 radical (unpaired) electrons. The number of rotatable bonds is 3. The first-order valence-electron chi connectivity index (χ1n) is 6.72. The van der Waals surface area contributed by atoms with Gasteiger partial charge in [0, 0.05) is 12.2 Å². The summed E-state index contributed by atoms with van der Waals surface area (Å²) in [7, 11) is 0. The second-order valence-electron chi connectivity index (χ2n) is 5.74. The lowest BCUT2D eigenvalue weighted by atomic mass is 9.93. The summed E-state index contributed by atoms with van der Waals surface area (Å²) in [6, 6.07) is 6.65. The normalized spacial score (nSPS) is 29.9. The molecule has 0 aliphatic heterocycles. The molecule has 1 fully saturated rings. The van der Waals surface area contributed by atoms with Crippen LogP contribution in [0.2, 0.25) is 0 Å². The SMILES string of the molecule is Cc1ccc(C)c(NCC2CC3C=CC2C3)c1. The molecule has 0 amide bonds. The summed E-state index contributed by atoms with van der Waals surface area (Å²) >= 11 is 0. The second-order valence-corrected chi connectivity index (χ2v) is 5.74. The van der Waals surface area contributed by atoms with Gasteiger partial charge in [0.15, 0.2) is 0 Å². The summed E-state index contributed by atoms with van der Waals surface area (Å²) in [6.07, 6.45) is 7.64. The first-order valence-corrected chi connectivity index (χ1v) is 6.72. The van der Waals surface area contributed by atoms with Crippen molar-refractivity contribution in [3.8, 4) is 0 Å². The van der Waals surface area contributed by atoms with E-state index in [0.29, 0.717) is 0 Å².